The molecule has 1 saturated heterocycles. The van der Waals surface area contributed by atoms with E-state index >= 15 is 0 Å². The summed E-state index contributed by atoms with van der Waals surface area (Å²) in [4.78, 5) is 0. The Morgan fingerprint density at radius 2 is 1.77 bits per heavy atom. The van der Waals surface area contributed by atoms with Crippen LogP contribution in [0.4, 0.5) is 8.78 Å². The smallest absolute Gasteiger partial charge is 0.200 e. The van der Waals surface area contributed by atoms with Crippen LogP contribution in [0.2, 0.25) is 0 Å². The van der Waals surface area contributed by atoms with Crippen LogP contribution in [-0.4, -0.2) is 32.0 Å². The molecule has 0 aromatic heterocycles. The predicted octanol–water partition coefficient (Wildman–Crippen LogP) is 6.78. The number of benzene rings is 1. The first-order valence-electron chi connectivity index (χ1n) is 12.0. The summed E-state index contributed by atoms with van der Waals surface area (Å²) in [5.41, 5.74) is 0.491. The van der Waals surface area contributed by atoms with E-state index in [4.69, 9.17) is 14.2 Å². The van der Waals surface area contributed by atoms with E-state index in [9.17, 15) is 8.78 Å². The van der Waals surface area contributed by atoms with Gasteiger partial charge in [0.2, 0.25) is 5.82 Å². The van der Waals surface area contributed by atoms with Gasteiger partial charge in [-0.3, -0.25) is 0 Å². The van der Waals surface area contributed by atoms with Crippen LogP contribution < -0.4 is 4.74 Å². The normalized spacial score (nSPS) is 27.2. The molecule has 2 fully saturated rings. The van der Waals surface area contributed by atoms with Crippen molar-refractivity contribution in [3.05, 3.63) is 29.3 Å². The molecular formula is C25H38F2O3. The molecule has 2 unspecified atom stereocenters. The highest BCUT2D eigenvalue weighted by Gasteiger charge is 2.28. The molecule has 1 heterocycles. The SMILES string of the molecule is CCCCCC1CCC(OCC2CCC(c3ccc(OCC)c(F)c3F)CC2)CO1. The van der Waals surface area contributed by atoms with E-state index in [2.05, 4.69) is 6.92 Å². The van der Waals surface area contributed by atoms with Gasteiger partial charge in [-0.05, 0) is 75.3 Å². The summed E-state index contributed by atoms with van der Waals surface area (Å²) in [7, 11) is 0. The molecule has 1 saturated carbocycles. The van der Waals surface area contributed by atoms with Gasteiger partial charge < -0.3 is 14.2 Å². The van der Waals surface area contributed by atoms with Gasteiger partial charge in [-0.25, -0.2) is 4.39 Å². The fraction of sp³-hybridized carbons (Fsp3) is 0.760. The van der Waals surface area contributed by atoms with E-state index in [1.807, 2.05) is 0 Å². The molecule has 0 bridgehead atoms. The first kappa shape index (κ1) is 23.5. The summed E-state index contributed by atoms with van der Waals surface area (Å²) in [6.07, 6.45) is 11.5. The molecule has 1 aliphatic heterocycles. The summed E-state index contributed by atoms with van der Waals surface area (Å²) in [5.74, 6) is -1.02. The number of hydrogen-bond acceptors (Lipinski definition) is 3. The second-order valence-corrected chi connectivity index (χ2v) is 8.92. The van der Waals surface area contributed by atoms with Crippen molar-refractivity contribution < 1.29 is 23.0 Å². The highest BCUT2D eigenvalue weighted by Crippen LogP contribution is 2.39. The molecule has 170 valence electrons. The average molecular weight is 425 g/mol. The Bertz CT molecular complexity index is 636. The lowest BCUT2D eigenvalue weighted by molar-refractivity contribution is -0.0960. The average Bonchev–Trinajstić information content (AvgIpc) is 2.77. The summed E-state index contributed by atoms with van der Waals surface area (Å²) >= 11 is 0. The van der Waals surface area contributed by atoms with E-state index in [1.54, 1.807) is 19.1 Å². The second kappa shape index (κ2) is 12.0. The molecule has 1 aromatic carbocycles. The van der Waals surface area contributed by atoms with Gasteiger partial charge in [0.1, 0.15) is 0 Å². The number of ether oxygens (including phenoxy) is 3. The zero-order valence-electron chi connectivity index (χ0n) is 18.6. The summed E-state index contributed by atoms with van der Waals surface area (Å²) in [6, 6.07) is 3.26. The minimum atomic E-state index is -0.856. The molecule has 0 N–H and O–H groups in total. The standard InChI is InChI=1S/C25H38F2O3/c1-3-5-6-7-20-12-13-21(17-30-20)29-16-18-8-10-19(11-9-18)22-14-15-23(28-4-2)25(27)24(22)26/h14-15,18-21H,3-13,16-17H2,1-2H3. The molecule has 3 rings (SSSR count). The van der Waals surface area contributed by atoms with Crippen LogP contribution in [0.1, 0.15) is 89.5 Å². The van der Waals surface area contributed by atoms with Crippen LogP contribution in [0.15, 0.2) is 12.1 Å². The summed E-state index contributed by atoms with van der Waals surface area (Å²) in [6.45, 7) is 5.78. The highest BCUT2D eigenvalue weighted by molar-refractivity contribution is 5.33. The van der Waals surface area contributed by atoms with Gasteiger partial charge in [0.15, 0.2) is 11.6 Å². The number of unbranched alkanes of at least 4 members (excludes halogenated alkanes) is 2. The Balaban J connectivity index is 1.38. The van der Waals surface area contributed by atoms with Gasteiger partial charge in [-0.15, -0.1) is 0 Å². The maximum atomic E-state index is 14.5. The van der Waals surface area contributed by atoms with Crippen LogP contribution in [-0.2, 0) is 9.47 Å². The fourth-order valence-corrected chi connectivity index (χ4v) is 4.80. The zero-order chi connectivity index (χ0) is 21.3. The molecule has 5 heteroatoms. The Hall–Kier alpha value is -1.20. The van der Waals surface area contributed by atoms with Gasteiger partial charge in [-0.2, -0.15) is 4.39 Å². The van der Waals surface area contributed by atoms with Crippen molar-refractivity contribution in [1.82, 2.24) is 0 Å². The van der Waals surface area contributed by atoms with Gasteiger partial charge in [0.05, 0.1) is 25.4 Å². The molecule has 0 spiro atoms. The van der Waals surface area contributed by atoms with Crippen LogP contribution in [0, 0.1) is 17.6 Å². The largest absolute Gasteiger partial charge is 0.491 e. The van der Waals surface area contributed by atoms with Crippen molar-refractivity contribution in [2.75, 3.05) is 19.8 Å². The van der Waals surface area contributed by atoms with Gasteiger partial charge in [-0.1, -0.05) is 32.3 Å². The third kappa shape index (κ3) is 6.40. The second-order valence-electron chi connectivity index (χ2n) is 8.92. The molecule has 2 aliphatic rings. The van der Waals surface area contributed by atoms with Crippen molar-refractivity contribution in [2.24, 2.45) is 5.92 Å². The number of halogens is 2. The lowest BCUT2D eigenvalue weighted by Gasteiger charge is -2.32. The van der Waals surface area contributed by atoms with Crippen LogP contribution in [0.5, 0.6) is 5.75 Å². The van der Waals surface area contributed by atoms with Crippen molar-refractivity contribution >= 4 is 0 Å². The van der Waals surface area contributed by atoms with Crippen molar-refractivity contribution in [2.45, 2.75) is 96.2 Å². The van der Waals surface area contributed by atoms with Crippen molar-refractivity contribution in [1.29, 1.82) is 0 Å². The minimum absolute atomic E-state index is 0.00291. The van der Waals surface area contributed by atoms with Crippen LogP contribution in [0.3, 0.4) is 0 Å². The monoisotopic (exact) mass is 424 g/mol. The zero-order valence-corrected chi connectivity index (χ0v) is 18.6. The van der Waals surface area contributed by atoms with Gasteiger partial charge in [0, 0.05) is 6.61 Å². The molecule has 1 aliphatic carbocycles. The number of hydrogen-bond donors (Lipinski definition) is 0. The number of rotatable bonds is 10. The Morgan fingerprint density at radius 3 is 2.43 bits per heavy atom. The Morgan fingerprint density at radius 1 is 0.967 bits per heavy atom. The van der Waals surface area contributed by atoms with E-state index in [0.717, 1.165) is 45.1 Å². The summed E-state index contributed by atoms with van der Waals surface area (Å²) < 4.78 is 46.0. The third-order valence-corrected chi connectivity index (χ3v) is 6.69. The van der Waals surface area contributed by atoms with Gasteiger partial charge >= 0.3 is 0 Å². The lowest BCUT2D eigenvalue weighted by atomic mass is 9.78. The van der Waals surface area contributed by atoms with E-state index in [-0.39, 0.29) is 17.8 Å². The van der Waals surface area contributed by atoms with Crippen LogP contribution >= 0.6 is 0 Å². The first-order chi connectivity index (χ1) is 14.6. The van der Waals surface area contributed by atoms with Crippen molar-refractivity contribution in [3.8, 4) is 5.75 Å². The molecule has 30 heavy (non-hydrogen) atoms. The minimum Gasteiger partial charge on any atom is -0.491 e. The highest BCUT2D eigenvalue weighted by atomic mass is 19.2. The first-order valence-corrected chi connectivity index (χ1v) is 12.0. The van der Waals surface area contributed by atoms with Gasteiger partial charge in [0.25, 0.3) is 0 Å². The third-order valence-electron chi connectivity index (χ3n) is 6.69. The molecule has 0 amide bonds. The van der Waals surface area contributed by atoms with Crippen LogP contribution in [0.25, 0.3) is 0 Å². The maximum absolute atomic E-state index is 14.5. The molecule has 0 radical (unpaired) electrons. The van der Waals surface area contributed by atoms with E-state index < -0.39 is 11.6 Å². The lowest BCUT2D eigenvalue weighted by Crippen LogP contribution is -2.33. The fourth-order valence-electron chi connectivity index (χ4n) is 4.80. The topological polar surface area (TPSA) is 27.7 Å². The summed E-state index contributed by atoms with van der Waals surface area (Å²) in [5, 5.41) is 0. The van der Waals surface area contributed by atoms with Crippen molar-refractivity contribution in [3.63, 3.8) is 0 Å². The molecule has 1 aromatic rings. The maximum Gasteiger partial charge on any atom is 0.200 e. The molecular weight excluding hydrogens is 386 g/mol. The predicted molar refractivity (Wildman–Crippen MR) is 115 cm³/mol. The molecule has 2 atom stereocenters. The van der Waals surface area contributed by atoms with E-state index in [1.165, 1.54) is 25.7 Å². The molecule has 3 nitrogen and oxygen atoms in total. The Labute approximate surface area is 180 Å². The Kier molecular flexibility index (Phi) is 9.38. The quantitative estimate of drug-likeness (QED) is 0.387. The van der Waals surface area contributed by atoms with E-state index in [0.29, 0.717) is 30.8 Å².